The molecule has 0 aliphatic rings. The Morgan fingerprint density at radius 2 is 2.00 bits per heavy atom. The van der Waals surface area contributed by atoms with Crippen molar-refractivity contribution >= 4 is 11.9 Å². The highest BCUT2D eigenvalue weighted by Gasteiger charge is 2.29. The van der Waals surface area contributed by atoms with Gasteiger partial charge in [0.2, 0.25) is 0 Å². The molecular formula is C12H17NO4. The van der Waals surface area contributed by atoms with E-state index in [1.807, 2.05) is 0 Å². The van der Waals surface area contributed by atoms with E-state index in [0.29, 0.717) is 12.1 Å². The van der Waals surface area contributed by atoms with E-state index in [-0.39, 0.29) is 0 Å². The van der Waals surface area contributed by atoms with Crippen LogP contribution in [0.25, 0.3) is 0 Å². The Bertz CT molecular complexity index is 445. The number of hydrogen-bond donors (Lipinski definition) is 1. The lowest BCUT2D eigenvalue weighted by Gasteiger charge is -2.19. The molecule has 1 heterocycles. The van der Waals surface area contributed by atoms with Crippen LogP contribution in [-0.2, 0) is 23.0 Å². The molecule has 0 bridgehead atoms. The van der Waals surface area contributed by atoms with Crippen LogP contribution in [0.2, 0.25) is 0 Å². The van der Waals surface area contributed by atoms with Gasteiger partial charge in [-0.1, -0.05) is 0 Å². The maximum Gasteiger partial charge on any atom is 0.354 e. The van der Waals surface area contributed by atoms with Crippen molar-refractivity contribution in [3.63, 3.8) is 0 Å². The van der Waals surface area contributed by atoms with E-state index in [4.69, 9.17) is 5.11 Å². The van der Waals surface area contributed by atoms with Gasteiger partial charge in [0.25, 0.3) is 0 Å². The number of nitrogens with zero attached hydrogens (tertiary/aromatic N) is 1. The average molecular weight is 239 g/mol. The topological polar surface area (TPSA) is 68.5 Å². The number of carbonyl (C=O) groups is 2. The number of aliphatic carboxylic acids is 1. The molecule has 1 aromatic heterocycles. The van der Waals surface area contributed by atoms with Crippen LogP contribution in [0, 0.1) is 5.41 Å². The van der Waals surface area contributed by atoms with Crippen molar-refractivity contribution in [1.29, 1.82) is 0 Å². The molecule has 17 heavy (non-hydrogen) atoms. The molecule has 0 fully saturated rings. The smallest absolute Gasteiger partial charge is 0.354 e. The van der Waals surface area contributed by atoms with Gasteiger partial charge in [0.05, 0.1) is 12.5 Å². The predicted octanol–water partition coefficient (Wildman–Crippen LogP) is 1.46. The monoisotopic (exact) mass is 239 g/mol. The molecule has 0 aliphatic carbocycles. The van der Waals surface area contributed by atoms with Crippen molar-refractivity contribution in [3.05, 3.63) is 23.5 Å². The van der Waals surface area contributed by atoms with Gasteiger partial charge in [0, 0.05) is 19.2 Å². The van der Waals surface area contributed by atoms with Crippen molar-refractivity contribution in [2.24, 2.45) is 12.5 Å². The van der Waals surface area contributed by atoms with Crippen molar-refractivity contribution in [2.75, 3.05) is 7.11 Å². The Labute approximate surface area is 100 Å². The number of carbonyl (C=O) groups excluding carboxylic acids is 1. The zero-order chi connectivity index (χ0) is 13.2. The van der Waals surface area contributed by atoms with Crippen LogP contribution in [0.5, 0.6) is 0 Å². The maximum atomic E-state index is 11.4. The Kier molecular flexibility index (Phi) is 3.60. The minimum Gasteiger partial charge on any atom is -0.481 e. The van der Waals surface area contributed by atoms with E-state index >= 15 is 0 Å². The van der Waals surface area contributed by atoms with Crippen LogP contribution in [0.1, 0.15) is 30.0 Å². The number of ether oxygens (including phenoxy) is 1. The number of rotatable bonds is 4. The molecule has 0 radical (unpaired) electrons. The molecule has 1 N–H and O–H groups in total. The summed E-state index contributed by atoms with van der Waals surface area (Å²) in [6, 6.07) is 3.38. The fourth-order valence-corrected chi connectivity index (χ4v) is 1.57. The summed E-state index contributed by atoms with van der Waals surface area (Å²) in [6.45, 7) is 3.31. The first kappa shape index (κ1) is 13.3. The zero-order valence-electron chi connectivity index (χ0n) is 10.5. The van der Waals surface area contributed by atoms with E-state index in [2.05, 4.69) is 4.74 Å². The fraction of sp³-hybridized carbons (Fsp3) is 0.500. The number of carboxylic acid groups (broad SMARTS) is 1. The van der Waals surface area contributed by atoms with Crippen molar-refractivity contribution in [3.8, 4) is 0 Å². The van der Waals surface area contributed by atoms with Crippen molar-refractivity contribution in [2.45, 2.75) is 20.3 Å². The highest BCUT2D eigenvalue weighted by atomic mass is 16.5. The highest BCUT2D eigenvalue weighted by Crippen LogP contribution is 2.23. The summed E-state index contributed by atoms with van der Waals surface area (Å²) in [5.74, 6) is -1.29. The van der Waals surface area contributed by atoms with Gasteiger partial charge in [0.1, 0.15) is 5.69 Å². The Hall–Kier alpha value is -1.78. The van der Waals surface area contributed by atoms with E-state index < -0.39 is 17.4 Å². The molecule has 0 unspecified atom stereocenters. The summed E-state index contributed by atoms with van der Waals surface area (Å²) in [7, 11) is 3.04. The molecule has 0 aromatic carbocycles. The van der Waals surface area contributed by atoms with Crippen molar-refractivity contribution in [1.82, 2.24) is 4.57 Å². The van der Waals surface area contributed by atoms with Crippen molar-refractivity contribution < 1.29 is 19.4 Å². The average Bonchev–Trinajstić information content (AvgIpc) is 2.59. The largest absolute Gasteiger partial charge is 0.481 e. The minimum absolute atomic E-state index is 0.357. The normalized spacial score (nSPS) is 11.3. The number of aromatic nitrogens is 1. The molecule has 0 atom stereocenters. The third-order valence-corrected chi connectivity index (χ3v) is 2.82. The van der Waals surface area contributed by atoms with E-state index in [9.17, 15) is 9.59 Å². The number of esters is 1. The maximum absolute atomic E-state index is 11.4. The van der Waals surface area contributed by atoms with Gasteiger partial charge < -0.3 is 14.4 Å². The predicted molar refractivity (Wildman–Crippen MR) is 61.9 cm³/mol. The van der Waals surface area contributed by atoms with Crippen LogP contribution < -0.4 is 0 Å². The third-order valence-electron chi connectivity index (χ3n) is 2.82. The van der Waals surface area contributed by atoms with E-state index in [1.165, 1.54) is 7.11 Å². The molecular weight excluding hydrogens is 222 g/mol. The minimum atomic E-state index is -0.863. The lowest BCUT2D eigenvalue weighted by atomic mass is 9.88. The summed E-state index contributed by atoms with van der Waals surface area (Å²) >= 11 is 0. The summed E-state index contributed by atoms with van der Waals surface area (Å²) < 4.78 is 6.30. The molecule has 0 saturated carbocycles. The quantitative estimate of drug-likeness (QED) is 0.808. The second kappa shape index (κ2) is 4.61. The first-order valence-corrected chi connectivity index (χ1v) is 5.26. The Morgan fingerprint density at radius 1 is 1.41 bits per heavy atom. The molecule has 5 heteroatoms. The molecule has 0 spiro atoms. The van der Waals surface area contributed by atoms with Crippen LogP contribution in [0.15, 0.2) is 12.1 Å². The van der Waals surface area contributed by atoms with E-state index in [0.717, 1.165) is 5.69 Å². The molecule has 0 aliphatic heterocycles. The lowest BCUT2D eigenvalue weighted by Crippen LogP contribution is -2.27. The van der Waals surface area contributed by atoms with Crippen LogP contribution in [0.3, 0.4) is 0 Å². The van der Waals surface area contributed by atoms with Gasteiger partial charge in [-0.05, 0) is 26.0 Å². The van der Waals surface area contributed by atoms with Gasteiger partial charge in [-0.3, -0.25) is 4.79 Å². The van der Waals surface area contributed by atoms with Crippen LogP contribution in [0.4, 0.5) is 0 Å². The van der Waals surface area contributed by atoms with Gasteiger partial charge >= 0.3 is 11.9 Å². The second-order valence-corrected chi connectivity index (χ2v) is 4.63. The molecule has 5 nitrogen and oxygen atoms in total. The Morgan fingerprint density at radius 3 is 2.47 bits per heavy atom. The molecule has 0 saturated heterocycles. The third kappa shape index (κ3) is 2.67. The van der Waals surface area contributed by atoms with Crippen LogP contribution >= 0.6 is 0 Å². The van der Waals surface area contributed by atoms with Gasteiger partial charge in [-0.15, -0.1) is 0 Å². The first-order valence-electron chi connectivity index (χ1n) is 5.26. The highest BCUT2D eigenvalue weighted by molar-refractivity contribution is 5.87. The summed E-state index contributed by atoms with van der Waals surface area (Å²) in [5.41, 5.74) is 0.348. The molecule has 1 rings (SSSR count). The SMILES string of the molecule is COC(=O)c1ccc(CC(C)(C)C(=O)O)n1C. The zero-order valence-corrected chi connectivity index (χ0v) is 10.5. The summed E-state index contributed by atoms with van der Waals surface area (Å²) in [4.78, 5) is 22.4. The second-order valence-electron chi connectivity index (χ2n) is 4.63. The fourth-order valence-electron chi connectivity index (χ4n) is 1.57. The molecule has 0 amide bonds. The van der Waals surface area contributed by atoms with Gasteiger partial charge in [-0.2, -0.15) is 0 Å². The summed E-state index contributed by atoms with van der Waals surface area (Å²) in [5, 5.41) is 9.05. The van der Waals surface area contributed by atoms with E-state index in [1.54, 1.807) is 37.6 Å². The Balaban J connectivity index is 2.99. The van der Waals surface area contributed by atoms with Crippen LogP contribution in [-0.4, -0.2) is 28.7 Å². The summed E-state index contributed by atoms with van der Waals surface area (Å²) in [6.07, 6.45) is 0.357. The van der Waals surface area contributed by atoms with Gasteiger partial charge in [0.15, 0.2) is 0 Å². The lowest BCUT2D eigenvalue weighted by molar-refractivity contribution is -0.146. The number of carboxylic acids is 1. The molecule has 94 valence electrons. The number of methoxy groups -OCH3 is 1. The molecule has 1 aromatic rings. The van der Waals surface area contributed by atoms with Gasteiger partial charge in [-0.25, -0.2) is 4.79 Å². The standard InChI is InChI=1S/C12H17NO4/c1-12(2,11(15)16)7-8-5-6-9(13(8)3)10(14)17-4/h5-6H,7H2,1-4H3,(H,15,16). The number of hydrogen-bond acceptors (Lipinski definition) is 3. The first-order chi connectivity index (χ1) is 7.79.